The largest absolute Gasteiger partial charge is 0.504 e. The molecule has 0 aliphatic rings. The van der Waals surface area contributed by atoms with Crippen LogP contribution in [0.1, 0.15) is 15.9 Å². The highest BCUT2D eigenvalue weighted by Gasteiger charge is 2.15. The standard InChI is InChI=1S/C16H16BrNO3/c1-18(10-12-5-3-4-6-13(12)17)16(20)11-7-8-15(21-2)14(19)9-11/h3-9,19H,10H2,1-2H3. The molecule has 21 heavy (non-hydrogen) atoms. The molecule has 0 aliphatic carbocycles. The number of hydrogen-bond donors (Lipinski definition) is 1. The van der Waals surface area contributed by atoms with Crippen molar-refractivity contribution in [3.8, 4) is 11.5 Å². The van der Waals surface area contributed by atoms with Gasteiger partial charge in [0.05, 0.1) is 7.11 Å². The third kappa shape index (κ3) is 3.55. The Morgan fingerprint density at radius 1 is 1.29 bits per heavy atom. The summed E-state index contributed by atoms with van der Waals surface area (Å²) in [6, 6.07) is 12.4. The molecule has 0 bridgehead atoms. The average Bonchev–Trinajstić information content (AvgIpc) is 2.48. The van der Waals surface area contributed by atoms with Crippen LogP contribution in [0.4, 0.5) is 0 Å². The van der Waals surface area contributed by atoms with E-state index in [4.69, 9.17) is 4.74 Å². The third-order valence-electron chi connectivity index (χ3n) is 3.14. The number of hydrogen-bond acceptors (Lipinski definition) is 3. The van der Waals surface area contributed by atoms with Gasteiger partial charge < -0.3 is 14.7 Å². The van der Waals surface area contributed by atoms with Crippen LogP contribution < -0.4 is 4.74 Å². The van der Waals surface area contributed by atoms with Gasteiger partial charge in [-0.25, -0.2) is 0 Å². The monoisotopic (exact) mass is 349 g/mol. The molecular weight excluding hydrogens is 334 g/mol. The highest BCUT2D eigenvalue weighted by atomic mass is 79.9. The first-order chi connectivity index (χ1) is 10.0. The molecule has 0 heterocycles. The van der Waals surface area contributed by atoms with Gasteiger partial charge in [0.2, 0.25) is 0 Å². The summed E-state index contributed by atoms with van der Waals surface area (Å²) in [6.07, 6.45) is 0. The highest BCUT2D eigenvalue weighted by molar-refractivity contribution is 9.10. The molecule has 0 unspecified atom stereocenters. The van der Waals surface area contributed by atoms with Crippen LogP contribution in [0.25, 0.3) is 0 Å². The molecule has 0 atom stereocenters. The predicted molar refractivity (Wildman–Crippen MR) is 84.6 cm³/mol. The highest BCUT2D eigenvalue weighted by Crippen LogP contribution is 2.27. The van der Waals surface area contributed by atoms with Crippen molar-refractivity contribution in [3.63, 3.8) is 0 Å². The minimum atomic E-state index is -0.163. The number of amides is 1. The molecule has 0 saturated carbocycles. The molecule has 0 fully saturated rings. The number of ether oxygens (including phenoxy) is 1. The number of carbonyl (C=O) groups excluding carboxylic acids is 1. The molecule has 1 amide bonds. The Morgan fingerprint density at radius 3 is 2.62 bits per heavy atom. The van der Waals surface area contributed by atoms with E-state index < -0.39 is 0 Å². The van der Waals surface area contributed by atoms with Gasteiger partial charge in [0, 0.05) is 23.6 Å². The number of halogens is 1. The van der Waals surface area contributed by atoms with Crippen LogP contribution in [0, 0.1) is 0 Å². The van der Waals surface area contributed by atoms with Crippen LogP contribution >= 0.6 is 15.9 Å². The average molecular weight is 350 g/mol. The van der Waals surface area contributed by atoms with E-state index in [1.165, 1.54) is 13.2 Å². The molecular formula is C16H16BrNO3. The van der Waals surface area contributed by atoms with Crippen molar-refractivity contribution in [2.24, 2.45) is 0 Å². The minimum absolute atomic E-state index is 0.0439. The summed E-state index contributed by atoms with van der Waals surface area (Å²) in [7, 11) is 3.19. The van der Waals surface area contributed by atoms with E-state index in [2.05, 4.69) is 15.9 Å². The van der Waals surface area contributed by atoms with E-state index in [-0.39, 0.29) is 11.7 Å². The molecule has 110 valence electrons. The van der Waals surface area contributed by atoms with Crippen molar-refractivity contribution in [1.29, 1.82) is 0 Å². The topological polar surface area (TPSA) is 49.8 Å². The normalized spacial score (nSPS) is 10.2. The molecule has 2 aromatic rings. The second-order valence-corrected chi connectivity index (χ2v) is 5.49. The van der Waals surface area contributed by atoms with Gasteiger partial charge >= 0.3 is 0 Å². The summed E-state index contributed by atoms with van der Waals surface area (Å²) in [5.41, 5.74) is 1.44. The fourth-order valence-electron chi connectivity index (χ4n) is 2.00. The predicted octanol–water partition coefficient (Wildman–Crippen LogP) is 3.44. The van der Waals surface area contributed by atoms with Gasteiger partial charge in [0.15, 0.2) is 11.5 Å². The molecule has 0 radical (unpaired) electrons. The van der Waals surface area contributed by atoms with Crippen LogP contribution in [-0.2, 0) is 6.54 Å². The molecule has 4 nitrogen and oxygen atoms in total. The first kappa shape index (κ1) is 15.4. The smallest absolute Gasteiger partial charge is 0.254 e. The Balaban J connectivity index is 2.16. The van der Waals surface area contributed by atoms with Gasteiger partial charge in [0.1, 0.15) is 0 Å². The van der Waals surface area contributed by atoms with Gasteiger partial charge in [-0.15, -0.1) is 0 Å². The third-order valence-corrected chi connectivity index (χ3v) is 3.91. The van der Waals surface area contributed by atoms with Crippen molar-refractivity contribution in [3.05, 3.63) is 58.1 Å². The Bertz CT molecular complexity index is 658. The number of nitrogens with zero attached hydrogens (tertiary/aromatic N) is 1. The zero-order valence-electron chi connectivity index (χ0n) is 11.8. The summed E-state index contributed by atoms with van der Waals surface area (Å²) in [5, 5.41) is 9.75. The number of aromatic hydroxyl groups is 1. The van der Waals surface area contributed by atoms with Crippen molar-refractivity contribution < 1.29 is 14.6 Å². The van der Waals surface area contributed by atoms with Crippen LogP contribution in [0.2, 0.25) is 0 Å². The quantitative estimate of drug-likeness (QED) is 0.919. The zero-order valence-corrected chi connectivity index (χ0v) is 13.4. The Labute approximate surface area is 132 Å². The fourth-order valence-corrected chi connectivity index (χ4v) is 2.41. The van der Waals surface area contributed by atoms with Crippen molar-refractivity contribution in [1.82, 2.24) is 4.90 Å². The second kappa shape index (κ2) is 6.63. The molecule has 0 saturated heterocycles. The SMILES string of the molecule is COc1ccc(C(=O)N(C)Cc2ccccc2Br)cc1O. The number of carbonyl (C=O) groups is 1. The van der Waals surface area contributed by atoms with E-state index in [0.717, 1.165) is 10.0 Å². The van der Waals surface area contributed by atoms with Crippen LogP contribution in [-0.4, -0.2) is 30.1 Å². The van der Waals surface area contributed by atoms with Crippen molar-refractivity contribution >= 4 is 21.8 Å². The maximum atomic E-state index is 12.4. The maximum absolute atomic E-state index is 12.4. The molecule has 2 rings (SSSR count). The molecule has 0 aliphatic heterocycles. The summed E-state index contributed by atoms with van der Waals surface area (Å²) in [6.45, 7) is 0.479. The van der Waals surface area contributed by atoms with E-state index in [1.807, 2.05) is 24.3 Å². The van der Waals surface area contributed by atoms with E-state index >= 15 is 0 Å². The minimum Gasteiger partial charge on any atom is -0.504 e. The number of phenolic OH excluding ortho intramolecular Hbond substituents is 1. The summed E-state index contributed by atoms with van der Waals surface area (Å²) >= 11 is 3.47. The summed E-state index contributed by atoms with van der Waals surface area (Å²) in [4.78, 5) is 14.0. The first-order valence-corrected chi connectivity index (χ1v) is 7.18. The molecule has 0 aromatic heterocycles. The number of phenols is 1. The maximum Gasteiger partial charge on any atom is 0.254 e. The van der Waals surface area contributed by atoms with E-state index in [1.54, 1.807) is 24.1 Å². The van der Waals surface area contributed by atoms with Gasteiger partial charge in [-0.2, -0.15) is 0 Å². The number of rotatable bonds is 4. The van der Waals surface area contributed by atoms with Crippen LogP contribution in [0.5, 0.6) is 11.5 Å². The lowest BCUT2D eigenvalue weighted by Crippen LogP contribution is -2.26. The van der Waals surface area contributed by atoms with Crippen LogP contribution in [0.3, 0.4) is 0 Å². The fraction of sp³-hybridized carbons (Fsp3) is 0.188. The number of methoxy groups -OCH3 is 1. The molecule has 1 N–H and O–H groups in total. The second-order valence-electron chi connectivity index (χ2n) is 4.64. The molecule has 2 aromatic carbocycles. The lowest BCUT2D eigenvalue weighted by Gasteiger charge is -2.18. The van der Waals surface area contributed by atoms with Crippen molar-refractivity contribution in [2.45, 2.75) is 6.54 Å². The van der Waals surface area contributed by atoms with E-state index in [9.17, 15) is 9.90 Å². The zero-order chi connectivity index (χ0) is 15.4. The summed E-state index contributed by atoms with van der Waals surface area (Å²) < 4.78 is 5.93. The number of benzene rings is 2. The Morgan fingerprint density at radius 2 is 2.00 bits per heavy atom. The van der Waals surface area contributed by atoms with Crippen molar-refractivity contribution in [2.75, 3.05) is 14.2 Å². The van der Waals surface area contributed by atoms with Gasteiger partial charge in [-0.05, 0) is 29.8 Å². The molecule has 0 spiro atoms. The van der Waals surface area contributed by atoms with E-state index in [0.29, 0.717) is 17.9 Å². The van der Waals surface area contributed by atoms with Crippen LogP contribution in [0.15, 0.2) is 46.9 Å². The summed E-state index contributed by atoms with van der Waals surface area (Å²) in [5.74, 6) is 0.140. The Hall–Kier alpha value is -2.01. The lowest BCUT2D eigenvalue weighted by atomic mass is 10.1. The molecule has 5 heteroatoms. The lowest BCUT2D eigenvalue weighted by molar-refractivity contribution is 0.0784. The first-order valence-electron chi connectivity index (χ1n) is 6.39. The van der Waals surface area contributed by atoms with Gasteiger partial charge in [0.25, 0.3) is 5.91 Å². The van der Waals surface area contributed by atoms with Gasteiger partial charge in [-0.3, -0.25) is 4.79 Å². The van der Waals surface area contributed by atoms with Gasteiger partial charge in [-0.1, -0.05) is 34.1 Å². The Kier molecular flexibility index (Phi) is 4.85.